The van der Waals surface area contributed by atoms with Crippen molar-refractivity contribution in [1.82, 2.24) is 9.97 Å². The molecule has 0 spiro atoms. The third-order valence-corrected chi connectivity index (χ3v) is 3.05. The lowest BCUT2D eigenvalue weighted by molar-refractivity contribution is 0.146. The standard InChI is InChI=1S/C12H19N3O2/c1-2-16-11-6-7-14-12(15-11)17-10-5-3-4-9(10)8-13/h6-7,9-10H,2-5,8,13H2,1H3. The maximum atomic E-state index is 5.78. The van der Waals surface area contributed by atoms with Gasteiger partial charge in [-0.1, -0.05) is 0 Å². The predicted molar refractivity (Wildman–Crippen MR) is 64.0 cm³/mol. The molecule has 1 aliphatic rings. The molecule has 2 atom stereocenters. The first-order valence-electron chi connectivity index (χ1n) is 6.16. The highest BCUT2D eigenvalue weighted by Crippen LogP contribution is 2.28. The maximum absolute atomic E-state index is 5.78. The van der Waals surface area contributed by atoms with Gasteiger partial charge in [-0.2, -0.15) is 4.98 Å². The summed E-state index contributed by atoms with van der Waals surface area (Å²) in [6.07, 6.45) is 5.13. The van der Waals surface area contributed by atoms with Crippen LogP contribution in [-0.2, 0) is 0 Å². The molecule has 94 valence electrons. The van der Waals surface area contributed by atoms with Crippen molar-refractivity contribution in [3.05, 3.63) is 12.3 Å². The van der Waals surface area contributed by atoms with Gasteiger partial charge in [0.1, 0.15) is 6.10 Å². The second kappa shape index (κ2) is 5.82. The minimum absolute atomic E-state index is 0.150. The van der Waals surface area contributed by atoms with Crippen LogP contribution in [0.3, 0.4) is 0 Å². The van der Waals surface area contributed by atoms with Crippen LogP contribution in [0.1, 0.15) is 26.2 Å². The number of nitrogens with zero attached hydrogens (tertiary/aromatic N) is 2. The molecule has 1 aromatic rings. The number of aromatic nitrogens is 2. The van der Waals surface area contributed by atoms with Crippen LogP contribution in [0, 0.1) is 5.92 Å². The average molecular weight is 237 g/mol. The van der Waals surface area contributed by atoms with Crippen molar-refractivity contribution in [3.63, 3.8) is 0 Å². The molecule has 0 aromatic carbocycles. The molecule has 0 saturated heterocycles. The fraction of sp³-hybridized carbons (Fsp3) is 0.667. The van der Waals surface area contributed by atoms with E-state index in [1.54, 1.807) is 12.3 Å². The number of hydrogen-bond donors (Lipinski definition) is 1. The van der Waals surface area contributed by atoms with Gasteiger partial charge in [-0.05, 0) is 32.7 Å². The minimum Gasteiger partial charge on any atom is -0.478 e. The highest BCUT2D eigenvalue weighted by Gasteiger charge is 2.28. The van der Waals surface area contributed by atoms with Crippen LogP contribution in [-0.4, -0.2) is 29.2 Å². The molecule has 1 heterocycles. The lowest BCUT2D eigenvalue weighted by Gasteiger charge is -2.18. The summed E-state index contributed by atoms with van der Waals surface area (Å²) in [5.41, 5.74) is 5.71. The second-order valence-electron chi connectivity index (χ2n) is 4.19. The molecular weight excluding hydrogens is 218 g/mol. The Morgan fingerprint density at radius 1 is 1.47 bits per heavy atom. The molecule has 2 unspecified atom stereocenters. The van der Waals surface area contributed by atoms with Crippen molar-refractivity contribution in [1.29, 1.82) is 0 Å². The quantitative estimate of drug-likeness (QED) is 0.837. The second-order valence-corrected chi connectivity index (χ2v) is 4.19. The van der Waals surface area contributed by atoms with Gasteiger partial charge < -0.3 is 15.2 Å². The predicted octanol–water partition coefficient (Wildman–Crippen LogP) is 1.38. The molecule has 5 nitrogen and oxygen atoms in total. The molecule has 1 saturated carbocycles. The molecule has 2 rings (SSSR count). The summed E-state index contributed by atoms with van der Waals surface area (Å²) >= 11 is 0. The van der Waals surface area contributed by atoms with Gasteiger partial charge in [-0.25, -0.2) is 4.98 Å². The number of nitrogens with two attached hydrogens (primary N) is 1. The van der Waals surface area contributed by atoms with Gasteiger partial charge in [0.2, 0.25) is 5.88 Å². The van der Waals surface area contributed by atoms with E-state index >= 15 is 0 Å². The summed E-state index contributed by atoms with van der Waals surface area (Å²) in [5.74, 6) is 0.981. The minimum atomic E-state index is 0.150. The van der Waals surface area contributed by atoms with E-state index in [1.807, 2.05) is 6.92 Å². The van der Waals surface area contributed by atoms with Crippen molar-refractivity contribution >= 4 is 0 Å². The summed E-state index contributed by atoms with van der Waals surface area (Å²) in [7, 11) is 0. The zero-order chi connectivity index (χ0) is 12.1. The van der Waals surface area contributed by atoms with Crippen LogP contribution in [0.25, 0.3) is 0 Å². The van der Waals surface area contributed by atoms with E-state index in [0.29, 0.717) is 31.0 Å². The molecule has 1 fully saturated rings. The number of hydrogen-bond acceptors (Lipinski definition) is 5. The summed E-state index contributed by atoms with van der Waals surface area (Å²) < 4.78 is 11.1. The van der Waals surface area contributed by atoms with Gasteiger partial charge in [0.05, 0.1) is 6.61 Å². The zero-order valence-electron chi connectivity index (χ0n) is 10.1. The molecule has 2 N–H and O–H groups in total. The Kier molecular flexibility index (Phi) is 4.14. The third kappa shape index (κ3) is 3.06. The molecule has 5 heteroatoms. The van der Waals surface area contributed by atoms with Crippen molar-refractivity contribution in [3.8, 4) is 11.9 Å². The Morgan fingerprint density at radius 2 is 2.35 bits per heavy atom. The van der Waals surface area contributed by atoms with E-state index in [4.69, 9.17) is 15.2 Å². The number of ether oxygens (including phenoxy) is 2. The SMILES string of the molecule is CCOc1ccnc(OC2CCCC2CN)n1. The Morgan fingerprint density at radius 3 is 3.12 bits per heavy atom. The van der Waals surface area contributed by atoms with Gasteiger partial charge in [0.25, 0.3) is 0 Å². The molecule has 17 heavy (non-hydrogen) atoms. The van der Waals surface area contributed by atoms with Crippen LogP contribution in [0.4, 0.5) is 0 Å². The van der Waals surface area contributed by atoms with Gasteiger partial charge in [-0.3, -0.25) is 0 Å². The van der Waals surface area contributed by atoms with Crippen LogP contribution in [0.2, 0.25) is 0 Å². The highest BCUT2D eigenvalue weighted by atomic mass is 16.5. The molecule has 1 aromatic heterocycles. The van der Waals surface area contributed by atoms with E-state index in [1.165, 1.54) is 0 Å². The Hall–Kier alpha value is -1.36. The monoisotopic (exact) mass is 237 g/mol. The lowest BCUT2D eigenvalue weighted by atomic mass is 10.1. The first kappa shape index (κ1) is 12.1. The van der Waals surface area contributed by atoms with Gasteiger partial charge in [0, 0.05) is 18.2 Å². The zero-order valence-corrected chi connectivity index (χ0v) is 10.1. The summed E-state index contributed by atoms with van der Waals surface area (Å²) in [5, 5.41) is 0. The van der Waals surface area contributed by atoms with Gasteiger partial charge in [0.15, 0.2) is 0 Å². The molecule has 1 aliphatic carbocycles. The Bertz CT molecular complexity index is 359. The van der Waals surface area contributed by atoms with E-state index in [2.05, 4.69) is 9.97 Å². The lowest BCUT2D eigenvalue weighted by Crippen LogP contribution is -2.28. The van der Waals surface area contributed by atoms with Gasteiger partial charge >= 0.3 is 6.01 Å². The summed E-state index contributed by atoms with van der Waals surface area (Å²) in [6, 6.07) is 2.12. The van der Waals surface area contributed by atoms with Crippen LogP contribution >= 0.6 is 0 Å². The normalized spacial score (nSPS) is 23.6. The summed E-state index contributed by atoms with van der Waals surface area (Å²) in [4.78, 5) is 8.30. The molecule has 0 radical (unpaired) electrons. The largest absolute Gasteiger partial charge is 0.478 e. The van der Waals surface area contributed by atoms with E-state index in [9.17, 15) is 0 Å². The first-order chi connectivity index (χ1) is 8.33. The highest BCUT2D eigenvalue weighted by molar-refractivity contribution is 5.11. The van der Waals surface area contributed by atoms with E-state index in [-0.39, 0.29) is 6.10 Å². The van der Waals surface area contributed by atoms with Crippen LogP contribution < -0.4 is 15.2 Å². The summed E-state index contributed by atoms with van der Waals surface area (Å²) in [6.45, 7) is 3.17. The molecule has 0 amide bonds. The molecule has 0 aliphatic heterocycles. The van der Waals surface area contributed by atoms with Crippen LogP contribution in [0.15, 0.2) is 12.3 Å². The number of rotatable bonds is 5. The van der Waals surface area contributed by atoms with Crippen LogP contribution in [0.5, 0.6) is 11.9 Å². The topological polar surface area (TPSA) is 70.3 Å². The Labute approximate surface area is 101 Å². The Balaban J connectivity index is 2.00. The van der Waals surface area contributed by atoms with E-state index < -0.39 is 0 Å². The van der Waals surface area contributed by atoms with Crippen molar-refractivity contribution in [2.45, 2.75) is 32.3 Å². The average Bonchev–Trinajstić information content (AvgIpc) is 2.77. The molecular formula is C12H19N3O2. The van der Waals surface area contributed by atoms with E-state index in [0.717, 1.165) is 19.3 Å². The maximum Gasteiger partial charge on any atom is 0.319 e. The van der Waals surface area contributed by atoms with Crippen molar-refractivity contribution in [2.75, 3.05) is 13.2 Å². The third-order valence-electron chi connectivity index (χ3n) is 3.05. The van der Waals surface area contributed by atoms with Gasteiger partial charge in [-0.15, -0.1) is 0 Å². The van der Waals surface area contributed by atoms with Crippen molar-refractivity contribution in [2.24, 2.45) is 11.7 Å². The smallest absolute Gasteiger partial charge is 0.319 e. The molecule has 0 bridgehead atoms. The van der Waals surface area contributed by atoms with Crippen molar-refractivity contribution < 1.29 is 9.47 Å². The fourth-order valence-electron chi connectivity index (χ4n) is 2.17. The fourth-order valence-corrected chi connectivity index (χ4v) is 2.17. The first-order valence-corrected chi connectivity index (χ1v) is 6.16.